The van der Waals surface area contributed by atoms with Gasteiger partial charge in [0.15, 0.2) is 0 Å². The number of benzene rings is 1. The third kappa shape index (κ3) is 3.05. The summed E-state index contributed by atoms with van der Waals surface area (Å²) in [7, 11) is 1.72. The number of ether oxygens (including phenoxy) is 1. The van der Waals surface area contributed by atoms with Gasteiger partial charge in [-0.2, -0.15) is 0 Å². The average Bonchev–Trinajstić information content (AvgIpc) is 3.28. The number of nitrogens with one attached hydrogen (secondary N) is 1. The Hall–Kier alpha value is -1.02. The summed E-state index contributed by atoms with van der Waals surface area (Å²) in [6.45, 7) is 1.18. The van der Waals surface area contributed by atoms with Crippen LogP contribution in [-0.2, 0) is 0 Å². The van der Waals surface area contributed by atoms with E-state index in [9.17, 15) is 0 Å². The van der Waals surface area contributed by atoms with Crippen LogP contribution in [0, 0.1) is 11.8 Å². The van der Waals surface area contributed by atoms with Crippen LogP contribution in [0.2, 0.25) is 0 Å². The molecule has 0 radical (unpaired) electrons. The van der Waals surface area contributed by atoms with Crippen LogP contribution in [0.4, 0.5) is 0 Å². The second kappa shape index (κ2) is 5.31. The fourth-order valence-electron chi connectivity index (χ4n) is 2.65. The number of hydrogen-bond acceptors (Lipinski definition) is 2. The minimum atomic E-state index is 0.564. The van der Waals surface area contributed by atoms with Gasteiger partial charge >= 0.3 is 0 Å². The van der Waals surface area contributed by atoms with Crippen LogP contribution in [-0.4, -0.2) is 13.7 Å². The number of rotatable bonds is 7. The highest BCUT2D eigenvalue weighted by Gasteiger charge is 2.32. The van der Waals surface area contributed by atoms with Gasteiger partial charge in [0.1, 0.15) is 5.75 Å². The summed E-state index contributed by atoms with van der Waals surface area (Å²) in [6, 6.07) is 9.15. The minimum absolute atomic E-state index is 0.564. The van der Waals surface area contributed by atoms with Crippen molar-refractivity contribution in [1.82, 2.24) is 5.32 Å². The molecule has 2 heteroatoms. The summed E-state index contributed by atoms with van der Waals surface area (Å²) in [5, 5.41) is 3.77. The van der Waals surface area contributed by atoms with Gasteiger partial charge in [-0.25, -0.2) is 0 Å². The van der Waals surface area contributed by atoms with E-state index in [1.807, 2.05) is 0 Å². The molecule has 18 heavy (non-hydrogen) atoms. The molecule has 0 spiro atoms. The fourth-order valence-corrected chi connectivity index (χ4v) is 2.65. The Balaban J connectivity index is 1.59. The lowest BCUT2D eigenvalue weighted by molar-refractivity contribution is 0.413. The van der Waals surface area contributed by atoms with Crippen LogP contribution in [0.3, 0.4) is 0 Å². The molecular weight excluding hydrogens is 222 g/mol. The van der Waals surface area contributed by atoms with E-state index in [1.165, 1.54) is 44.2 Å². The van der Waals surface area contributed by atoms with Gasteiger partial charge in [-0.15, -0.1) is 0 Å². The third-order valence-electron chi connectivity index (χ3n) is 4.18. The molecule has 1 N–H and O–H groups in total. The zero-order valence-electron chi connectivity index (χ0n) is 11.2. The minimum Gasteiger partial charge on any atom is -0.497 e. The monoisotopic (exact) mass is 245 g/mol. The van der Waals surface area contributed by atoms with Gasteiger partial charge in [-0.05, 0) is 55.3 Å². The molecule has 1 unspecified atom stereocenters. The molecule has 0 aliphatic heterocycles. The van der Waals surface area contributed by atoms with Crippen molar-refractivity contribution in [2.24, 2.45) is 11.8 Å². The van der Waals surface area contributed by atoms with Gasteiger partial charge in [0, 0.05) is 6.04 Å². The highest BCUT2D eigenvalue weighted by atomic mass is 16.5. The van der Waals surface area contributed by atoms with E-state index in [4.69, 9.17) is 4.74 Å². The SMILES string of the molecule is COc1ccc(C(NCCC2CC2)C2CC2)cc1. The molecule has 98 valence electrons. The van der Waals surface area contributed by atoms with Gasteiger partial charge < -0.3 is 10.1 Å². The van der Waals surface area contributed by atoms with Crippen molar-refractivity contribution < 1.29 is 4.74 Å². The Bertz CT molecular complexity index is 379. The smallest absolute Gasteiger partial charge is 0.118 e. The molecule has 1 aromatic rings. The summed E-state index contributed by atoms with van der Waals surface area (Å²) in [5.74, 6) is 2.83. The maximum atomic E-state index is 5.23. The molecule has 0 saturated heterocycles. The largest absolute Gasteiger partial charge is 0.497 e. The van der Waals surface area contributed by atoms with E-state index in [0.29, 0.717) is 6.04 Å². The average molecular weight is 245 g/mol. The van der Waals surface area contributed by atoms with Gasteiger partial charge in [0.25, 0.3) is 0 Å². The van der Waals surface area contributed by atoms with Crippen molar-refractivity contribution in [3.8, 4) is 5.75 Å². The summed E-state index contributed by atoms with van der Waals surface area (Å²) < 4.78 is 5.23. The van der Waals surface area contributed by atoms with E-state index < -0.39 is 0 Å². The standard InChI is InChI=1S/C16H23NO/c1-18-15-8-6-14(7-9-15)16(13-4-5-13)17-11-10-12-2-3-12/h6-9,12-13,16-17H,2-5,10-11H2,1H3. The summed E-state index contributed by atoms with van der Waals surface area (Å²) >= 11 is 0. The summed E-state index contributed by atoms with van der Waals surface area (Å²) in [6.07, 6.45) is 7.04. The second-order valence-corrected chi connectivity index (χ2v) is 5.77. The summed E-state index contributed by atoms with van der Waals surface area (Å²) in [4.78, 5) is 0. The van der Waals surface area contributed by atoms with Crippen molar-refractivity contribution in [3.05, 3.63) is 29.8 Å². The van der Waals surface area contributed by atoms with Gasteiger partial charge in [-0.1, -0.05) is 25.0 Å². The second-order valence-electron chi connectivity index (χ2n) is 5.77. The highest BCUT2D eigenvalue weighted by molar-refractivity contribution is 5.30. The molecule has 3 rings (SSSR count). The topological polar surface area (TPSA) is 21.3 Å². The van der Waals surface area contributed by atoms with E-state index in [0.717, 1.165) is 17.6 Å². The van der Waals surface area contributed by atoms with Crippen molar-refractivity contribution in [3.63, 3.8) is 0 Å². The maximum absolute atomic E-state index is 5.23. The number of methoxy groups -OCH3 is 1. The van der Waals surface area contributed by atoms with Gasteiger partial charge in [-0.3, -0.25) is 0 Å². The third-order valence-corrected chi connectivity index (χ3v) is 4.18. The Morgan fingerprint density at radius 1 is 1.17 bits per heavy atom. The molecule has 0 amide bonds. The molecule has 2 aliphatic carbocycles. The zero-order chi connectivity index (χ0) is 12.4. The fraction of sp³-hybridized carbons (Fsp3) is 0.625. The predicted octanol–water partition coefficient (Wildman–Crippen LogP) is 3.54. The maximum Gasteiger partial charge on any atom is 0.118 e. The van der Waals surface area contributed by atoms with Crippen LogP contribution in [0.25, 0.3) is 0 Å². The van der Waals surface area contributed by atoms with E-state index >= 15 is 0 Å². The van der Waals surface area contributed by atoms with Crippen LogP contribution >= 0.6 is 0 Å². The van der Waals surface area contributed by atoms with Crippen LogP contribution in [0.15, 0.2) is 24.3 Å². The molecular formula is C16H23NO. The van der Waals surface area contributed by atoms with Crippen molar-refractivity contribution >= 4 is 0 Å². The molecule has 2 saturated carbocycles. The molecule has 2 aliphatic rings. The predicted molar refractivity (Wildman–Crippen MR) is 73.8 cm³/mol. The Labute approximate surface area is 110 Å². The lowest BCUT2D eigenvalue weighted by Crippen LogP contribution is -2.24. The van der Waals surface area contributed by atoms with E-state index in [1.54, 1.807) is 7.11 Å². The molecule has 2 fully saturated rings. The first-order chi connectivity index (χ1) is 8.86. The van der Waals surface area contributed by atoms with Crippen molar-refractivity contribution in [2.45, 2.75) is 38.1 Å². The first kappa shape index (κ1) is 12.0. The molecule has 0 heterocycles. The molecule has 0 aromatic heterocycles. The molecule has 0 bridgehead atoms. The molecule has 2 nitrogen and oxygen atoms in total. The molecule has 1 atom stereocenters. The Morgan fingerprint density at radius 3 is 2.44 bits per heavy atom. The normalized spacial score (nSPS) is 20.7. The van der Waals surface area contributed by atoms with Gasteiger partial charge in [0.2, 0.25) is 0 Å². The van der Waals surface area contributed by atoms with Crippen molar-refractivity contribution in [2.75, 3.05) is 13.7 Å². The zero-order valence-corrected chi connectivity index (χ0v) is 11.2. The van der Waals surface area contributed by atoms with Crippen LogP contribution in [0.5, 0.6) is 5.75 Å². The first-order valence-electron chi connectivity index (χ1n) is 7.24. The highest BCUT2D eigenvalue weighted by Crippen LogP contribution is 2.41. The first-order valence-corrected chi connectivity index (χ1v) is 7.24. The van der Waals surface area contributed by atoms with Gasteiger partial charge in [0.05, 0.1) is 7.11 Å². The van der Waals surface area contributed by atoms with Crippen molar-refractivity contribution in [1.29, 1.82) is 0 Å². The Morgan fingerprint density at radius 2 is 1.89 bits per heavy atom. The van der Waals surface area contributed by atoms with Crippen LogP contribution in [0.1, 0.15) is 43.7 Å². The van der Waals surface area contributed by atoms with E-state index in [-0.39, 0.29) is 0 Å². The quantitative estimate of drug-likeness (QED) is 0.793. The lowest BCUT2D eigenvalue weighted by atomic mass is 10.0. The number of hydrogen-bond donors (Lipinski definition) is 1. The lowest BCUT2D eigenvalue weighted by Gasteiger charge is -2.19. The van der Waals surface area contributed by atoms with Crippen LogP contribution < -0.4 is 10.1 Å². The Kier molecular flexibility index (Phi) is 3.55. The summed E-state index contributed by atoms with van der Waals surface area (Å²) in [5.41, 5.74) is 1.43. The van der Waals surface area contributed by atoms with E-state index in [2.05, 4.69) is 29.6 Å². The molecule has 1 aromatic carbocycles.